The fourth-order valence-corrected chi connectivity index (χ4v) is 2.67. The van der Waals surface area contributed by atoms with Crippen molar-refractivity contribution >= 4 is 22.7 Å². The molecule has 21 heavy (non-hydrogen) atoms. The number of aromatic hydroxyl groups is 1. The molecule has 6 nitrogen and oxygen atoms in total. The highest BCUT2D eigenvalue weighted by molar-refractivity contribution is 6.24. The van der Waals surface area contributed by atoms with E-state index in [0.29, 0.717) is 22.1 Å². The molecule has 1 aliphatic rings. The first-order chi connectivity index (χ1) is 9.99. The molecular weight excluding hydrogens is 276 g/mol. The van der Waals surface area contributed by atoms with Crippen LogP contribution in [0.4, 0.5) is 0 Å². The minimum Gasteiger partial charge on any atom is -0.507 e. The minimum absolute atomic E-state index is 0.0533. The van der Waals surface area contributed by atoms with Gasteiger partial charge in [-0.3, -0.25) is 0 Å². The minimum atomic E-state index is -0.884. The molecule has 0 saturated heterocycles. The van der Waals surface area contributed by atoms with Gasteiger partial charge in [-0.15, -0.1) is 0 Å². The Bertz CT molecular complexity index is 806. The summed E-state index contributed by atoms with van der Waals surface area (Å²) in [5.41, 5.74) is 0.735. The topological polar surface area (TPSA) is 82.1 Å². The number of methoxy groups -OCH3 is 2. The molecule has 0 atom stereocenters. The molecule has 0 unspecified atom stereocenters. The molecule has 0 radical (unpaired) electrons. The fourth-order valence-electron chi connectivity index (χ4n) is 2.67. The van der Waals surface area contributed by atoms with Gasteiger partial charge in [-0.05, 0) is 18.6 Å². The Balaban J connectivity index is 2.64. The maximum absolute atomic E-state index is 12.0. The smallest absolute Gasteiger partial charge is 0.350 e. The molecule has 108 valence electrons. The third-order valence-electron chi connectivity index (χ3n) is 3.54. The third kappa shape index (κ3) is 1.65. The second-order valence-electron chi connectivity index (χ2n) is 4.67. The van der Waals surface area contributed by atoms with Crippen LogP contribution in [0, 0.1) is 6.92 Å². The highest BCUT2D eigenvalue weighted by atomic mass is 16.6. The standard InChI is InChI=1S/C15H12O6/c1-6-4-7(16)11-13-10(6)8(19-2)5-9(20-3)12(13)15(18)21-14(11)17/h4-5,16H,1-3H3. The van der Waals surface area contributed by atoms with E-state index < -0.39 is 11.9 Å². The van der Waals surface area contributed by atoms with Gasteiger partial charge in [-0.25, -0.2) is 9.59 Å². The summed E-state index contributed by atoms with van der Waals surface area (Å²) in [4.78, 5) is 24.0. The molecule has 1 aliphatic heterocycles. The second kappa shape index (κ2) is 4.37. The Kier molecular flexibility index (Phi) is 2.76. The lowest BCUT2D eigenvalue weighted by molar-refractivity contribution is 0.0387. The Hall–Kier alpha value is -2.76. The summed E-state index contributed by atoms with van der Waals surface area (Å²) < 4.78 is 15.2. The van der Waals surface area contributed by atoms with E-state index in [1.165, 1.54) is 20.3 Å². The number of rotatable bonds is 2. The number of phenols is 1. The van der Waals surface area contributed by atoms with Gasteiger partial charge in [-0.1, -0.05) is 0 Å². The highest BCUT2D eigenvalue weighted by Gasteiger charge is 2.34. The molecular formula is C15H12O6. The average molecular weight is 288 g/mol. The van der Waals surface area contributed by atoms with Crippen molar-refractivity contribution in [3.05, 3.63) is 28.8 Å². The molecule has 1 heterocycles. The van der Waals surface area contributed by atoms with E-state index in [2.05, 4.69) is 4.74 Å². The van der Waals surface area contributed by atoms with E-state index >= 15 is 0 Å². The molecule has 3 rings (SSSR count). The van der Waals surface area contributed by atoms with Crippen LogP contribution >= 0.6 is 0 Å². The van der Waals surface area contributed by atoms with Gasteiger partial charge in [0.2, 0.25) is 0 Å². The first-order valence-corrected chi connectivity index (χ1v) is 6.17. The summed E-state index contributed by atoms with van der Waals surface area (Å²) in [6.45, 7) is 1.75. The quantitative estimate of drug-likeness (QED) is 0.673. The van der Waals surface area contributed by atoms with Crippen molar-refractivity contribution in [1.29, 1.82) is 0 Å². The van der Waals surface area contributed by atoms with Crippen molar-refractivity contribution in [3.8, 4) is 17.2 Å². The number of esters is 2. The van der Waals surface area contributed by atoms with E-state index in [1.807, 2.05) is 0 Å². The number of hydrogen-bond acceptors (Lipinski definition) is 6. The summed E-state index contributed by atoms with van der Waals surface area (Å²) >= 11 is 0. The highest BCUT2D eigenvalue weighted by Crippen LogP contribution is 2.44. The number of ether oxygens (including phenoxy) is 3. The Labute approximate surface area is 119 Å². The van der Waals surface area contributed by atoms with Crippen LogP contribution in [-0.2, 0) is 4.74 Å². The lowest BCUT2D eigenvalue weighted by atomic mass is 9.92. The van der Waals surface area contributed by atoms with Crippen LogP contribution in [0.5, 0.6) is 17.2 Å². The molecule has 0 aromatic heterocycles. The van der Waals surface area contributed by atoms with E-state index in [4.69, 9.17) is 9.47 Å². The zero-order chi connectivity index (χ0) is 15.3. The molecule has 0 fully saturated rings. The molecule has 0 bridgehead atoms. The van der Waals surface area contributed by atoms with Crippen molar-refractivity contribution in [3.63, 3.8) is 0 Å². The Morgan fingerprint density at radius 3 is 2.19 bits per heavy atom. The summed E-state index contributed by atoms with van der Waals surface area (Å²) in [5, 5.41) is 10.9. The first-order valence-electron chi connectivity index (χ1n) is 6.17. The van der Waals surface area contributed by atoms with E-state index in [9.17, 15) is 14.7 Å². The maximum Gasteiger partial charge on any atom is 0.350 e. The number of benzene rings is 2. The number of hydrogen-bond donors (Lipinski definition) is 1. The van der Waals surface area contributed by atoms with E-state index in [1.54, 1.807) is 13.0 Å². The average Bonchev–Trinajstić information content (AvgIpc) is 2.44. The van der Waals surface area contributed by atoms with Gasteiger partial charge in [-0.2, -0.15) is 0 Å². The lowest BCUT2D eigenvalue weighted by Gasteiger charge is -2.21. The van der Waals surface area contributed by atoms with Crippen molar-refractivity contribution in [2.75, 3.05) is 14.2 Å². The van der Waals surface area contributed by atoms with Crippen LogP contribution < -0.4 is 9.47 Å². The van der Waals surface area contributed by atoms with Gasteiger partial charge in [0.1, 0.15) is 28.4 Å². The number of phenolic OH excluding ortho intramolecular Hbond substituents is 1. The van der Waals surface area contributed by atoms with Gasteiger partial charge >= 0.3 is 11.9 Å². The predicted octanol–water partition coefficient (Wildman–Crippen LogP) is 2.18. The second-order valence-corrected chi connectivity index (χ2v) is 4.67. The van der Waals surface area contributed by atoms with Crippen molar-refractivity contribution < 1.29 is 28.9 Å². The summed E-state index contributed by atoms with van der Waals surface area (Å²) in [7, 11) is 2.88. The SMILES string of the molecule is COc1cc(OC)c2c(C)cc(O)c3c2c1C(=O)OC3=O. The van der Waals surface area contributed by atoms with E-state index in [0.717, 1.165) is 0 Å². The van der Waals surface area contributed by atoms with Crippen molar-refractivity contribution in [2.24, 2.45) is 0 Å². The number of carbonyl (C=O) groups is 2. The number of aryl methyl sites for hydroxylation is 1. The lowest BCUT2D eigenvalue weighted by Crippen LogP contribution is -2.21. The number of cyclic esters (lactones) is 2. The first kappa shape index (κ1) is 13.2. The molecule has 0 spiro atoms. The normalized spacial score (nSPS) is 13.3. The summed E-state index contributed by atoms with van der Waals surface area (Å²) in [6.07, 6.45) is 0. The largest absolute Gasteiger partial charge is 0.507 e. The van der Waals surface area contributed by atoms with E-state index in [-0.39, 0.29) is 22.6 Å². The van der Waals surface area contributed by atoms with Crippen LogP contribution in [0.2, 0.25) is 0 Å². The number of carbonyl (C=O) groups excluding carboxylic acids is 2. The van der Waals surface area contributed by atoms with Crippen LogP contribution in [-0.4, -0.2) is 31.3 Å². The van der Waals surface area contributed by atoms with Crippen molar-refractivity contribution in [2.45, 2.75) is 6.92 Å². The zero-order valence-corrected chi connectivity index (χ0v) is 11.6. The fraction of sp³-hybridized carbons (Fsp3) is 0.200. The summed E-state index contributed by atoms with van der Waals surface area (Å²) in [6, 6.07) is 3.00. The van der Waals surface area contributed by atoms with Gasteiger partial charge in [0.25, 0.3) is 0 Å². The maximum atomic E-state index is 12.0. The van der Waals surface area contributed by atoms with Crippen LogP contribution in [0.1, 0.15) is 26.3 Å². The molecule has 0 amide bonds. The molecule has 2 aromatic carbocycles. The van der Waals surface area contributed by atoms with Gasteiger partial charge in [0, 0.05) is 16.8 Å². The van der Waals surface area contributed by atoms with Gasteiger partial charge in [0.05, 0.1) is 14.2 Å². The van der Waals surface area contributed by atoms with Gasteiger partial charge < -0.3 is 19.3 Å². The van der Waals surface area contributed by atoms with Crippen LogP contribution in [0.25, 0.3) is 10.8 Å². The summed E-state index contributed by atoms with van der Waals surface area (Å²) in [5.74, 6) is -1.25. The third-order valence-corrected chi connectivity index (χ3v) is 3.54. The zero-order valence-electron chi connectivity index (χ0n) is 11.6. The monoisotopic (exact) mass is 288 g/mol. The molecule has 2 aromatic rings. The Morgan fingerprint density at radius 1 is 0.952 bits per heavy atom. The molecule has 1 N–H and O–H groups in total. The molecule has 0 saturated carbocycles. The van der Waals surface area contributed by atoms with Crippen molar-refractivity contribution in [1.82, 2.24) is 0 Å². The molecule has 6 heteroatoms. The predicted molar refractivity (Wildman–Crippen MR) is 73.2 cm³/mol. The molecule has 0 aliphatic carbocycles. The van der Waals surface area contributed by atoms with Crippen LogP contribution in [0.3, 0.4) is 0 Å². The van der Waals surface area contributed by atoms with Gasteiger partial charge in [0.15, 0.2) is 0 Å². The van der Waals surface area contributed by atoms with Crippen LogP contribution in [0.15, 0.2) is 12.1 Å². The Morgan fingerprint density at radius 2 is 1.57 bits per heavy atom.